The molecule has 0 aliphatic carbocycles. The average Bonchev–Trinajstić information content (AvgIpc) is 3.34. The van der Waals surface area contributed by atoms with Crippen LogP contribution in [0.25, 0.3) is 22.6 Å². The summed E-state index contributed by atoms with van der Waals surface area (Å²) in [5.41, 5.74) is 1.80. The number of benzene rings is 2. The van der Waals surface area contributed by atoms with Crippen molar-refractivity contribution in [3.63, 3.8) is 0 Å². The van der Waals surface area contributed by atoms with Gasteiger partial charge in [-0.2, -0.15) is 5.10 Å². The Kier molecular flexibility index (Phi) is 6.09. The molecule has 0 saturated carbocycles. The number of hydrogen-bond acceptors (Lipinski definition) is 6. The van der Waals surface area contributed by atoms with Crippen molar-refractivity contribution in [1.82, 2.24) is 25.1 Å². The summed E-state index contributed by atoms with van der Waals surface area (Å²) >= 11 is 0. The molecule has 4 aromatic rings. The Bertz CT molecular complexity index is 1350. The number of hydrogen-bond donors (Lipinski definition) is 1. The summed E-state index contributed by atoms with van der Waals surface area (Å²) in [6.45, 7) is 1.93. The summed E-state index contributed by atoms with van der Waals surface area (Å²) in [4.78, 5) is 21.2. The van der Waals surface area contributed by atoms with Crippen molar-refractivity contribution >= 4 is 0 Å². The molecule has 9 heteroatoms. The van der Waals surface area contributed by atoms with Crippen molar-refractivity contribution in [1.29, 1.82) is 0 Å². The van der Waals surface area contributed by atoms with Crippen molar-refractivity contribution in [2.75, 3.05) is 13.1 Å². The maximum atomic E-state index is 13.6. The molecule has 7 nitrogen and oxygen atoms in total. The van der Waals surface area contributed by atoms with Crippen molar-refractivity contribution in [3.05, 3.63) is 94.5 Å². The summed E-state index contributed by atoms with van der Waals surface area (Å²) in [6.07, 6.45) is 4.39. The molecule has 5 rings (SSSR count). The SMILES string of the molecule is O=c1ccc(-c2cc(F)cc(F)c2)nn1Cc1cccc(-c2ncc(O[C@H]3CCNC3)cn2)c1. The molecule has 0 spiro atoms. The standard InChI is InChI=1S/C25H21F2N5O2/c26-19-9-18(10-20(27)11-19)23-4-5-24(33)32(31-23)15-16-2-1-3-17(8-16)25-29-13-22(14-30-25)34-21-6-7-28-12-21/h1-5,8-11,13-14,21,28H,6-7,12,15H2/t21-/m0/s1. The molecule has 0 unspecified atom stereocenters. The van der Waals surface area contributed by atoms with Gasteiger partial charge in [-0.1, -0.05) is 18.2 Å². The first kappa shape index (κ1) is 21.8. The molecule has 1 aliphatic heterocycles. The van der Waals surface area contributed by atoms with Gasteiger partial charge in [-0.15, -0.1) is 0 Å². The van der Waals surface area contributed by atoms with Crippen LogP contribution in [-0.2, 0) is 6.54 Å². The summed E-state index contributed by atoms with van der Waals surface area (Å²) in [7, 11) is 0. The van der Waals surface area contributed by atoms with Crippen LogP contribution in [0.4, 0.5) is 8.78 Å². The lowest BCUT2D eigenvalue weighted by Gasteiger charge is -2.12. The van der Waals surface area contributed by atoms with Crippen molar-refractivity contribution in [3.8, 4) is 28.4 Å². The third-order valence-corrected chi connectivity index (χ3v) is 5.49. The molecule has 34 heavy (non-hydrogen) atoms. The minimum Gasteiger partial charge on any atom is -0.486 e. The molecular weight excluding hydrogens is 440 g/mol. The second kappa shape index (κ2) is 9.48. The van der Waals surface area contributed by atoms with Crippen LogP contribution in [0.15, 0.2) is 71.8 Å². The topological polar surface area (TPSA) is 81.9 Å². The van der Waals surface area contributed by atoms with E-state index >= 15 is 0 Å². The second-order valence-electron chi connectivity index (χ2n) is 8.05. The smallest absolute Gasteiger partial charge is 0.267 e. The lowest BCUT2D eigenvalue weighted by Crippen LogP contribution is -2.22. The van der Waals surface area contributed by atoms with Gasteiger partial charge in [0.05, 0.1) is 24.6 Å². The molecule has 2 aromatic carbocycles. The number of halogens is 2. The summed E-state index contributed by atoms with van der Waals surface area (Å²) in [6, 6.07) is 13.4. The maximum Gasteiger partial charge on any atom is 0.267 e. The van der Waals surface area contributed by atoms with Crippen LogP contribution in [0.5, 0.6) is 5.75 Å². The van der Waals surface area contributed by atoms with Crippen LogP contribution < -0.4 is 15.6 Å². The fourth-order valence-corrected chi connectivity index (χ4v) is 3.85. The Balaban J connectivity index is 1.36. The molecule has 2 aromatic heterocycles. The van der Waals surface area contributed by atoms with Crippen LogP contribution in [-0.4, -0.2) is 38.9 Å². The number of nitrogens with one attached hydrogen (secondary N) is 1. The van der Waals surface area contributed by atoms with Crippen LogP contribution >= 0.6 is 0 Å². The van der Waals surface area contributed by atoms with E-state index < -0.39 is 11.6 Å². The largest absolute Gasteiger partial charge is 0.486 e. The highest BCUT2D eigenvalue weighted by Gasteiger charge is 2.16. The van der Waals surface area contributed by atoms with E-state index in [1.54, 1.807) is 12.4 Å². The maximum absolute atomic E-state index is 13.6. The molecule has 1 fully saturated rings. The van der Waals surface area contributed by atoms with Crippen LogP contribution in [0, 0.1) is 11.6 Å². The van der Waals surface area contributed by atoms with Gasteiger partial charge in [-0.25, -0.2) is 23.4 Å². The van der Waals surface area contributed by atoms with Gasteiger partial charge in [-0.05, 0) is 42.8 Å². The van der Waals surface area contributed by atoms with E-state index in [9.17, 15) is 13.6 Å². The summed E-state index contributed by atoms with van der Waals surface area (Å²) < 4.78 is 34.3. The predicted octanol–water partition coefficient (Wildman–Crippen LogP) is 3.43. The van der Waals surface area contributed by atoms with E-state index in [1.165, 1.54) is 28.9 Å². The van der Waals surface area contributed by atoms with E-state index in [4.69, 9.17) is 4.74 Å². The lowest BCUT2D eigenvalue weighted by atomic mass is 10.1. The van der Waals surface area contributed by atoms with Gasteiger partial charge in [0.1, 0.15) is 17.7 Å². The van der Waals surface area contributed by atoms with E-state index in [0.29, 0.717) is 17.3 Å². The number of rotatable bonds is 6. The van der Waals surface area contributed by atoms with Crippen molar-refractivity contribution in [2.45, 2.75) is 19.1 Å². The van der Waals surface area contributed by atoms with Gasteiger partial charge >= 0.3 is 0 Å². The van der Waals surface area contributed by atoms with E-state index in [-0.39, 0.29) is 23.8 Å². The first-order chi connectivity index (χ1) is 16.5. The highest BCUT2D eigenvalue weighted by atomic mass is 19.1. The van der Waals surface area contributed by atoms with Crippen LogP contribution in [0.2, 0.25) is 0 Å². The van der Waals surface area contributed by atoms with Crippen molar-refractivity contribution < 1.29 is 13.5 Å². The fraction of sp³-hybridized carbons (Fsp3) is 0.200. The monoisotopic (exact) mass is 461 g/mol. The molecular formula is C25H21F2N5O2. The first-order valence-electron chi connectivity index (χ1n) is 10.9. The highest BCUT2D eigenvalue weighted by Crippen LogP contribution is 2.21. The van der Waals surface area contributed by atoms with Gasteiger partial charge in [-0.3, -0.25) is 4.79 Å². The number of aromatic nitrogens is 4. The Morgan fingerprint density at radius 1 is 1.00 bits per heavy atom. The van der Waals surface area contributed by atoms with E-state index in [1.807, 2.05) is 24.3 Å². The Morgan fingerprint density at radius 2 is 1.79 bits per heavy atom. The zero-order chi connectivity index (χ0) is 23.5. The van der Waals surface area contributed by atoms with E-state index in [0.717, 1.165) is 36.7 Å². The summed E-state index contributed by atoms with van der Waals surface area (Å²) in [5, 5.41) is 7.55. The van der Waals surface area contributed by atoms with Gasteiger partial charge in [0.2, 0.25) is 0 Å². The van der Waals surface area contributed by atoms with Gasteiger partial charge in [0.15, 0.2) is 11.6 Å². The highest BCUT2D eigenvalue weighted by molar-refractivity contribution is 5.58. The Morgan fingerprint density at radius 3 is 2.53 bits per heavy atom. The fourth-order valence-electron chi connectivity index (χ4n) is 3.85. The quantitative estimate of drug-likeness (QED) is 0.474. The minimum absolute atomic E-state index is 0.128. The van der Waals surface area contributed by atoms with Gasteiger partial charge in [0, 0.05) is 29.8 Å². The zero-order valence-electron chi connectivity index (χ0n) is 18.1. The molecule has 1 N–H and O–H groups in total. The van der Waals surface area contributed by atoms with Gasteiger partial charge < -0.3 is 10.1 Å². The molecule has 0 radical (unpaired) electrons. The molecule has 172 valence electrons. The molecule has 0 bridgehead atoms. The van der Waals surface area contributed by atoms with Crippen LogP contribution in [0.1, 0.15) is 12.0 Å². The second-order valence-corrected chi connectivity index (χ2v) is 8.05. The minimum atomic E-state index is -0.710. The third-order valence-electron chi connectivity index (χ3n) is 5.49. The Labute approximate surface area is 194 Å². The number of nitrogens with zero attached hydrogens (tertiary/aromatic N) is 4. The third kappa shape index (κ3) is 4.99. The molecule has 1 aliphatic rings. The van der Waals surface area contributed by atoms with Crippen LogP contribution in [0.3, 0.4) is 0 Å². The van der Waals surface area contributed by atoms with Gasteiger partial charge in [0.25, 0.3) is 5.56 Å². The predicted molar refractivity (Wildman–Crippen MR) is 122 cm³/mol. The normalized spacial score (nSPS) is 15.4. The Hall–Kier alpha value is -3.98. The summed E-state index contributed by atoms with van der Waals surface area (Å²) in [5.74, 6) is -0.268. The lowest BCUT2D eigenvalue weighted by molar-refractivity contribution is 0.221. The molecule has 1 saturated heterocycles. The average molecular weight is 461 g/mol. The van der Waals surface area contributed by atoms with E-state index in [2.05, 4.69) is 20.4 Å². The molecule has 1 atom stereocenters. The molecule has 0 amide bonds. The molecule has 3 heterocycles. The first-order valence-corrected chi connectivity index (χ1v) is 10.9. The van der Waals surface area contributed by atoms with Crippen molar-refractivity contribution in [2.24, 2.45) is 0 Å². The number of ether oxygens (including phenoxy) is 1. The zero-order valence-corrected chi connectivity index (χ0v) is 18.1.